The number of nitrogens with one attached hydrogen (secondary N) is 1. The lowest BCUT2D eigenvalue weighted by Gasteiger charge is -2.01. The van der Waals surface area contributed by atoms with Crippen LogP contribution in [0.25, 0.3) is 10.6 Å². The summed E-state index contributed by atoms with van der Waals surface area (Å²) in [7, 11) is 0. The zero-order valence-corrected chi connectivity index (χ0v) is 11.7. The molecule has 0 atom stereocenters. The van der Waals surface area contributed by atoms with E-state index in [1.54, 1.807) is 11.3 Å². The third-order valence-electron chi connectivity index (χ3n) is 3.02. The summed E-state index contributed by atoms with van der Waals surface area (Å²) in [6, 6.07) is 6.57. The summed E-state index contributed by atoms with van der Waals surface area (Å²) < 4.78 is 0. The second-order valence-corrected chi connectivity index (χ2v) is 6.11. The van der Waals surface area contributed by atoms with Gasteiger partial charge in [-0.05, 0) is 37.5 Å². The minimum atomic E-state index is 0.699. The van der Waals surface area contributed by atoms with E-state index < -0.39 is 0 Å². The Kier molecular flexibility index (Phi) is 3.33. The first-order valence-corrected chi connectivity index (χ1v) is 7.24. The molecule has 1 heterocycles. The van der Waals surface area contributed by atoms with Gasteiger partial charge < -0.3 is 5.32 Å². The number of aromatic nitrogens is 2. The van der Waals surface area contributed by atoms with Crippen LogP contribution in [0.3, 0.4) is 0 Å². The molecule has 1 saturated carbocycles. The molecule has 0 radical (unpaired) electrons. The number of hydrogen-bond donors (Lipinski definition) is 1. The molecule has 0 aliphatic heterocycles. The topological polar surface area (TPSA) is 37.8 Å². The van der Waals surface area contributed by atoms with Gasteiger partial charge in [-0.2, -0.15) is 0 Å². The highest BCUT2D eigenvalue weighted by molar-refractivity contribution is 7.14. The third-order valence-corrected chi connectivity index (χ3v) is 4.21. The van der Waals surface area contributed by atoms with Gasteiger partial charge in [0.1, 0.15) is 10.0 Å². The van der Waals surface area contributed by atoms with Crippen LogP contribution >= 0.6 is 22.9 Å². The lowest BCUT2D eigenvalue weighted by Crippen LogP contribution is -2.14. The second-order valence-electron chi connectivity index (χ2n) is 4.62. The number of nitrogens with zero attached hydrogens (tertiary/aromatic N) is 2. The molecule has 0 bridgehead atoms. The van der Waals surface area contributed by atoms with Crippen LogP contribution in [0, 0.1) is 6.92 Å². The Bertz CT molecular complexity index is 563. The molecular formula is C13H14ClN3S. The Hall–Kier alpha value is -0.970. The highest BCUT2D eigenvalue weighted by Crippen LogP contribution is 2.29. The van der Waals surface area contributed by atoms with Crippen molar-refractivity contribution >= 4 is 22.9 Å². The van der Waals surface area contributed by atoms with Crippen LogP contribution in [0.2, 0.25) is 5.02 Å². The molecule has 0 unspecified atom stereocenters. The highest BCUT2D eigenvalue weighted by Gasteiger charge is 2.20. The summed E-state index contributed by atoms with van der Waals surface area (Å²) >= 11 is 7.66. The van der Waals surface area contributed by atoms with Crippen LogP contribution in [-0.2, 0) is 6.54 Å². The lowest BCUT2D eigenvalue weighted by molar-refractivity contribution is 0.679. The molecule has 1 aromatic heterocycles. The number of hydrogen-bond acceptors (Lipinski definition) is 4. The molecule has 0 saturated heterocycles. The van der Waals surface area contributed by atoms with Gasteiger partial charge in [0.2, 0.25) is 0 Å². The Labute approximate surface area is 115 Å². The highest BCUT2D eigenvalue weighted by atomic mass is 35.5. The van der Waals surface area contributed by atoms with Gasteiger partial charge >= 0.3 is 0 Å². The van der Waals surface area contributed by atoms with E-state index in [0.29, 0.717) is 6.04 Å². The normalized spacial score (nSPS) is 15.0. The van der Waals surface area contributed by atoms with E-state index >= 15 is 0 Å². The van der Waals surface area contributed by atoms with Crippen molar-refractivity contribution in [3.8, 4) is 10.6 Å². The van der Waals surface area contributed by atoms with Crippen LogP contribution in [0.4, 0.5) is 0 Å². The Morgan fingerprint density at radius 2 is 2.22 bits per heavy atom. The summed E-state index contributed by atoms with van der Waals surface area (Å²) in [5.41, 5.74) is 2.26. The first kappa shape index (κ1) is 12.1. The fourth-order valence-electron chi connectivity index (χ4n) is 1.78. The standard InChI is InChI=1S/C13H14ClN3S/c1-8-2-3-9(14)6-11(8)13-17-16-12(18-13)7-15-10-4-5-10/h2-3,6,10,15H,4-5,7H2,1H3. The van der Waals surface area contributed by atoms with Crippen LogP contribution in [0.5, 0.6) is 0 Å². The fraction of sp³-hybridized carbons (Fsp3) is 0.385. The van der Waals surface area contributed by atoms with Gasteiger partial charge in [0.15, 0.2) is 0 Å². The van der Waals surface area contributed by atoms with Crippen molar-refractivity contribution in [2.75, 3.05) is 0 Å². The van der Waals surface area contributed by atoms with Crippen molar-refractivity contribution in [3.63, 3.8) is 0 Å². The summed E-state index contributed by atoms with van der Waals surface area (Å²) in [4.78, 5) is 0. The number of aryl methyl sites for hydroxylation is 1. The Morgan fingerprint density at radius 3 is 3.00 bits per heavy atom. The Morgan fingerprint density at radius 1 is 1.39 bits per heavy atom. The van der Waals surface area contributed by atoms with E-state index in [0.717, 1.165) is 27.1 Å². The fourth-order valence-corrected chi connectivity index (χ4v) is 2.82. The van der Waals surface area contributed by atoms with E-state index in [4.69, 9.17) is 11.6 Å². The molecule has 2 aromatic rings. The second kappa shape index (κ2) is 4.96. The van der Waals surface area contributed by atoms with Gasteiger partial charge in [-0.15, -0.1) is 10.2 Å². The van der Waals surface area contributed by atoms with Crippen molar-refractivity contribution < 1.29 is 0 Å². The van der Waals surface area contributed by atoms with Gasteiger partial charge in [0, 0.05) is 23.2 Å². The SMILES string of the molecule is Cc1ccc(Cl)cc1-c1nnc(CNC2CC2)s1. The molecule has 1 aliphatic rings. The minimum absolute atomic E-state index is 0.699. The molecule has 1 aromatic carbocycles. The monoisotopic (exact) mass is 279 g/mol. The average molecular weight is 280 g/mol. The number of rotatable bonds is 4. The van der Waals surface area contributed by atoms with Gasteiger partial charge in [-0.25, -0.2) is 0 Å². The molecule has 3 rings (SSSR count). The van der Waals surface area contributed by atoms with E-state index in [2.05, 4.69) is 22.4 Å². The van der Waals surface area contributed by atoms with Crippen LogP contribution < -0.4 is 5.32 Å². The average Bonchev–Trinajstić information content (AvgIpc) is 3.08. The molecule has 1 N–H and O–H groups in total. The van der Waals surface area contributed by atoms with Crippen molar-refractivity contribution in [2.24, 2.45) is 0 Å². The number of halogens is 1. The maximum Gasteiger partial charge on any atom is 0.148 e. The molecule has 18 heavy (non-hydrogen) atoms. The quantitative estimate of drug-likeness (QED) is 0.932. The van der Waals surface area contributed by atoms with E-state index in [-0.39, 0.29) is 0 Å². The van der Waals surface area contributed by atoms with Crippen LogP contribution in [0.1, 0.15) is 23.4 Å². The molecular weight excluding hydrogens is 266 g/mol. The first-order chi connectivity index (χ1) is 8.72. The third kappa shape index (κ3) is 2.71. The predicted molar refractivity (Wildman–Crippen MR) is 75.0 cm³/mol. The molecule has 3 nitrogen and oxygen atoms in total. The summed E-state index contributed by atoms with van der Waals surface area (Å²) in [5.74, 6) is 0. The van der Waals surface area contributed by atoms with Crippen molar-refractivity contribution in [1.29, 1.82) is 0 Å². The summed E-state index contributed by atoms with van der Waals surface area (Å²) in [5, 5.41) is 14.7. The minimum Gasteiger partial charge on any atom is -0.308 e. The zero-order chi connectivity index (χ0) is 12.5. The zero-order valence-electron chi connectivity index (χ0n) is 10.1. The van der Waals surface area contributed by atoms with E-state index in [1.165, 1.54) is 18.4 Å². The van der Waals surface area contributed by atoms with E-state index in [9.17, 15) is 0 Å². The van der Waals surface area contributed by atoms with Gasteiger partial charge in [0.25, 0.3) is 0 Å². The maximum absolute atomic E-state index is 6.03. The van der Waals surface area contributed by atoms with E-state index in [1.807, 2.05) is 18.2 Å². The van der Waals surface area contributed by atoms with Gasteiger partial charge in [-0.3, -0.25) is 0 Å². The predicted octanol–water partition coefficient (Wildman–Crippen LogP) is 3.42. The molecule has 5 heteroatoms. The largest absolute Gasteiger partial charge is 0.308 e. The van der Waals surface area contributed by atoms with Crippen LogP contribution in [-0.4, -0.2) is 16.2 Å². The molecule has 94 valence electrons. The van der Waals surface area contributed by atoms with Crippen LogP contribution in [0.15, 0.2) is 18.2 Å². The Balaban J connectivity index is 1.80. The smallest absolute Gasteiger partial charge is 0.148 e. The summed E-state index contributed by atoms with van der Waals surface area (Å²) in [6.45, 7) is 2.89. The molecule has 1 aliphatic carbocycles. The number of benzene rings is 1. The van der Waals surface area contributed by atoms with Crippen molar-refractivity contribution in [3.05, 3.63) is 33.8 Å². The van der Waals surface area contributed by atoms with Gasteiger partial charge in [-0.1, -0.05) is 29.0 Å². The lowest BCUT2D eigenvalue weighted by atomic mass is 10.1. The van der Waals surface area contributed by atoms with Gasteiger partial charge in [0.05, 0.1) is 0 Å². The van der Waals surface area contributed by atoms with Crippen molar-refractivity contribution in [1.82, 2.24) is 15.5 Å². The summed E-state index contributed by atoms with van der Waals surface area (Å²) in [6.07, 6.45) is 2.58. The molecule has 1 fully saturated rings. The molecule has 0 spiro atoms. The first-order valence-electron chi connectivity index (χ1n) is 6.04. The van der Waals surface area contributed by atoms with Crippen molar-refractivity contribution in [2.45, 2.75) is 32.4 Å². The maximum atomic E-state index is 6.03. The molecule has 0 amide bonds.